The molecule has 0 fully saturated rings. The number of hydrogen-bond donors (Lipinski definition) is 0. The van der Waals surface area contributed by atoms with Crippen molar-refractivity contribution in [1.82, 2.24) is 0 Å². The van der Waals surface area contributed by atoms with Crippen LogP contribution < -0.4 is 0 Å². The molecule has 0 heterocycles. The molecule has 0 aliphatic rings. The smallest absolute Gasteiger partial charge is 0.338 e. The second-order valence-electron chi connectivity index (χ2n) is 7.58. The molecule has 27 heavy (non-hydrogen) atoms. The number of methoxy groups -OCH3 is 1. The molecule has 4 heteroatoms. The number of esters is 2. The Kier molecular flexibility index (Phi) is 11.5. The Hall–Kier alpha value is -1.84. The van der Waals surface area contributed by atoms with Crippen LogP contribution in [0.4, 0.5) is 0 Å². The predicted molar refractivity (Wildman–Crippen MR) is 109 cm³/mol. The van der Waals surface area contributed by atoms with Crippen molar-refractivity contribution in [3.05, 3.63) is 34.9 Å². The lowest BCUT2D eigenvalue weighted by atomic mass is 9.97. The lowest BCUT2D eigenvalue weighted by Gasteiger charge is -2.11. The number of carbonyl (C=O) groups is 2. The third-order valence-electron chi connectivity index (χ3n) is 4.57. The van der Waals surface area contributed by atoms with Crippen LogP contribution in [0.5, 0.6) is 0 Å². The fourth-order valence-corrected chi connectivity index (χ4v) is 3.00. The van der Waals surface area contributed by atoms with Crippen LogP contribution in [-0.2, 0) is 27.1 Å². The van der Waals surface area contributed by atoms with E-state index in [1.54, 1.807) is 0 Å². The molecule has 152 valence electrons. The second kappa shape index (κ2) is 13.3. The van der Waals surface area contributed by atoms with Crippen LogP contribution in [0.2, 0.25) is 0 Å². The summed E-state index contributed by atoms with van der Waals surface area (Å²) in [6.07, 6.45) is 9.31. The molecule has 0 radical (unpaired) electrons. The third kappa shape index (κ3) is 9.60. The van der Waals surface area contributed by atoms with Crippen molar-refractivity contribution < 1.29 is 19.1 Å². The van der Waals surface area contributed by atoms with Crippen molar-refractivity contribution in [2.75, 3.05) is 13.7 Å². The summed E-state index contributed by atoms with van der Waals surface area (Å²) in [5.41, 5.74) is 2.62. The van der Waals surface area contributed by atoms with E-state index in [9.17, 15) is 9.59 Å². The normalized spacial score (nSPS) is 10.9. The van der Waals surface area contributed by atoms with Crippen LogP contribution in [0.25, 0.3) is 0 Å². The Labute approximate surface area is 164 Å². The third-order valence-corrected chi connectivity index (χ3v) is 4.57. The lowest BCUT2D eigenvalue weighted by Crippen LogP contribution is -2.12. The first kappa shape index (κ1) is 23.2. The minimum atomic E-state index is -0.355. The maximum absolute atomic E-state index is 12.0. The monoisotopic (exact) mass is 376 g/mol. The van der Waals surface area contributed by atoms with Crippen molar-refractivity contribution in [2.45, 2.75) is 78.6 Å². The molecule has 0 aliphatic heterocycles. The highest BCUT2D eigenvalue weighted by atomic mass is 16.5. The maximum Gasteiger partial charge on any atom is 0.338 e. The molecule has 1 aromatic carbocycles. The topological polar surface area (TPSA) is 52.6 Å². The number of hydrogen-bond acceptors (Lipinski definition) is 4. The van der Waals surface area contributed by atoms with Gasteiger partial charge in [0.05, 0.1) is 19.3 Å². The number of carbonyl (C=O) groups excluding carboxylic acids is 2. The van der Waals surface area contributed by atoms with Gasteiger partial charge in [0, 0.05) is 6.42 Å². The highest BCUT2D eigenvalue weighted by Gasteiger charge is 2.14. The zero-order valence-corrected chi connectivity index (χ0v) is 17.5. The van der Waals surface area contributed by atoms with Crippen LogP contribution >= 0.6 is 0 Å². The van der Waals surface area contributed by atoms with Gasteiger partial charge in [-0.05, 0) is 42.4 Å². The first-order valence-electron chi connectivity index (χ1n) is 10.3. The van der Waals surface area contributed by atoms with Crippen molar-refractivity contribution in [3.63, 3.8) is 0 Å². The largest absolute Gasteiger partial charge is 0.465 e. The SMILES string of the molecule is CCCCCCCCc1ccc(C(=O)OC)c(CCC(=O)OCC(C)C)c1. The van der Waals surface area contributed by atoms with Crippen LogP contribution in [0, 0.1) is 5.92 Å². The van der Waals surface area contributed by atoms with Crippen molar-refractivity contribution in [2.24, 2.45) is 5.92 Å². The molecule has 0 amide bonds. The molecule has 1 rings (SSSR count). The van der Waals surface area contributed by atoms with E-state index in [1.807, 2.05) is 32.0 Å². The van der Waals surface area contributed by atoms with Crippen LogP contribution in [0.3, 0.4) is 0 Å². The van der Waals surface area contributed by atoms with Crippen molar-refractivity contribution in [3.8, 4) is 0 Å². The van der Waals surface area contributed by atoms with Crippen LogP contribution in [-0.4, -0.2) is 25.7 Å². The van der Waals surface area contributed by atoms with E-state index in [0.717, 1.165) is 18.4 Å². The van der Waals surface area contributed by atoms with Gasteiger partial charge >= 0.3 is 11.9 Å². The van der Waals surface area contributed by atoms with Crippen LogP contribution in [0.15, 0.2) is 18.2 Å². The Bertz CT molecular complexity index is 578. The fourth-order valence-electron chi connectivity index (χ4n) is 3.00. The first-order chi connectivity index (χ1) is 13.0. The second-order valence-corrected chi connectivity index (χ2v) is 7.58. The van der Waals surface area contributed by atoms with Crippen LogP contribution in [0.1, 0.15) is 87.2 Å². The van der Waals surface area contributed by atoms with Gasteiger partial charge in [-0.1, -0.05) is 65.0 Å². The minimum absolute atomic E-state index is 0.221. The number of unbranched alkanes of at least 4 members (excludes halogenated alkanes) is 5. The minimum Gasteiger partial charge on any atom is -0.465 e. The molecule has 0 saturated carbocycles. The standard InChI is InChI=1S/C23H36O4/c1-5-6-7-8-9-10-11-19-12-14-21(23(25)26-4)20(16-19)13-15-22(24)27-17-18(2)3/h12,14,16,18H,5-11,13,15,17H2,1-4H3. The summed E-state index contributed by atoms with van der Waals surface area (Å²) in [5.74, 6) is -0.257. The van der Waals surface area contributed by atoms with Gasteiger partial charge in [0.15, 0.2) is 0 Å². The molecular weight excluding hydrogens is 340 g/mol. The Morgan fingerprint density at radius 3 is 2.37 bits per heavy atom. The average Bonchev–Trinajstić information content (AvgIpc) is 2.66. The summed E-state index contributed by atoms with van der Waals surface area (Å²) in [6.45, 7) is 6.67. The summed E-state index contributed by atoms with van der Waals surface area (Å²) in [6, 6.07) is 5.87. The van der Waals surface area contributed by atoms with Gasteiger partial charge in [-0.2, -0.15) is 0 Å². The Morgan fingerprint density at radius 1 is 1.00 bits per heavy atom. The Balaban J connectivity index is 2.65. The molecule has 0 N–H and O–H groups in total. The quantitative estimate of drug-likeness (QED) is 0.336. The van der Waals surface area contributed by atoms with E-state index in [0.29, 0.717) is 24.5 Å². The molecule has 4 nitrogen and oxygen atoms in total. The molecule has 0 atom stereocenters. The van der Waals surface area contributed by atoms with E-state index in [4.69, 9.17) is 9.47 Å². The van der Waals surface area contributed by atoms with Gasteiger partial charge in [0.25, 0.3) is 0 Å². The van der Waals surface area contributed by atoms with E-state index in [1.165, 1.54) is 44.8 Å². The van der Waals surface area contributed by atoms with Gasteiger partial charge in [0.1, 0.15) is 0 Å². The molecule has 0 bridgehead atoms. The van der Waals surface area contributed by atoms with Crippen molar-refractivity contribution in [1.29, 1.82) is 0 Å². The number of aryl methyl sites for hydroxylation is 2. The zero-order valence-electron chi connectivity index (χ0n) is 17.5. The molecule has 0 aliphatic carbocycles. The van der Waals surface area contributed by atoms with Crippen molar-refractivity contribution >= 4 is 11.9 Å². The highest BCUT2D eigenvalue weighted by Crippen LogP contribution is 2.18. The molecule has 1 aromatic rings. The summed E-state index contributed by atoms with van der Waals surface area (Å²) in [5, 5.41) is 0. The number of ether oxygens (including phenoxy) is 2. The van der Waals surface area contributed by atoms with Gasteiger partial charge < -0.3 is 9.47 Å². The van der Waals surface area contributed by atoms with Gasteiger partial charge in [0.2, 0.25) is 0 Å². The summed E-state index contributed by atoms with van der Waals surface area (Å²) in [7, 11) is 1.38. The Morgan fingerprint density at radius 2 is 1.70 bits per heavy atom. The predicted octanol–water partition coefficient (Wildman–Crippen LogP) is 5.51. The van der Waals surface area contributed by atoms with E-state index in [-0.39, 0.29) is 18.4 Å². The highest BCUT2D eigenvalue weighted by molar-refractivity contribution is 5.91. The van der Waals surface area contributed by atoms with Gasteiger partial charge in [-0.25, -0.2) is 4.79 Å². The van der Waals surface area contributed by atoms with E-state index < -0.39 is 0 Å². The fraction of sp³-hybridized carbons (Fsp3) is 0.652. The van der Waals surface area contributed by atoms with E-state index in [2.05, 4.69) is 6.92 Å². The van der Waals surface area contributed by atoms with Gasteiger partial charge in [-0.15, -0.1) is 0 Å². The van der Waals surface area contributed by atoms with E-state index >= 15 is 0 Å². The first-order valence-corrected chi connectivity index (χ1v) is 10.3. The summed E-state index contributed by atoms with van der Waals surface area (Å²) >= 11 is 0. The molecule has 0 saturated heterocycles. The molecular formula is C23H36O4. The molecule has 0 spiro atoms. The van der Waals surface area contributed by atoms with Gasteiger partial charge in [-0.3, -0.25) is 4.79 Å². The maximum atomic E-state index is 12.0. The zero-order chi connectivity index (χ0) is 20.1. The number of benzene rings is 1. The molecule has 0 aromatic heterocycles. The molecule has 0 unspecified atom stereocenters. The summed E-state index contributed by atoms with van der Waals surface area (Å²) < 4.78 is 10.1. The lowest BCUT2D eigenvalue weighted by molar-refractivity contribution is -0.144. The average molecular weight is 377 g/mol. The number of rotatable bonds is 13. The summed E-state index contributed by atoms with van der Waals surface area (Å²) in [4.78, 5) is 23.9.